The number of aromatic nitrogens is 2. The molecule has 0 spiro atoms. The summed E-state index contributed by atoms with van der Waals surface area (Å²) in [5.74, 6) is 0.0878. The standard InChI is InChI=1S/C19H18N2O4S/c1-12-4-3-5-14(8-12)18(19-21-20-11-25-19)26-15-6-7-16(13(2)9-15)24-10-17(22)23/h3-9,11,18H,10H2,1-2H3,(H,22,23). The first kappa shape index (κ1) is 18.0. The van der Waals surface area contributed by atoms with Crippen LogP contribution in [0.2, 0.25) is 0 Å². The summed E-state index contributed by atoms with van der Waals surface area (Å²) in [5, 5.41) is 16.5. The Morgan fingerprint density at radius 2 is 2.12 bits per heavy atom. The normalized spacial score (nSPS) is 11.9. The number of carboxylic acids is 1. The minimum atomic E-state index is -1.00. The molecule has 0 radical (unpaired) electrons. The number of ether oxygens (including phenoxy) is 1. The van der Waals surface area contributed by atoms with E-state index in [0.717, 1.165) is 21.6 Å². The fraction of sp³-hybridized carbons (Fsp3) is 0.211. The zero-order valence-corrected chi connectivity index (χ0v) is 15.2. The van der Waals surface area contributed by atoms with E-state index < -0.39 is 5.97 Å². The number of thioether (sulfide) groups is 1. The summed E-state index contributed by atoms with van der Waals surface area (Å²) in [7, 11) is 0. The highest BCUT2D eigenvalue weighted by atomic mass is 32.2. The van der Waals surface area contributed by atoms with E-state index in [2.05, 4.69) is 16.3 Å². The van der Waals surface area contributed by atoms with Crippen molar-refractivity contribution in [2.45, 2.75) is 24.0 Å². The van der Waals surface area contributed by atoms with Gasteiger partial charge in [-0.1, -0.05) is 29.8 Å². The predicted molar refractivity (Wildman–Crippen MR) is 97.5 cm³/mol. The summed E-state index contributed by atoms with van der Waals surface area (Å²) in [4.78, 5) is 11.7. The van der Waals surface area contributed by atoms with Gasteiger partial charge in [0.15, 0.2) is 6.61 Å². The molecular weight excluding hydrogens is 352 g/mol. The Morgan fingerprint density at radius 3 is 2.77 bits per heavy atom. The number of aryl methyl sites for hydroxylation is 2. The third-order valence-electron chi connectivity index (χ3n) is 3.70. The number of benzene rings is 2. The van der Waals surface area contributed by atoms with E-state index in [-0.39, 0.29) is 11.9 Å². The molecule has 0 aliphatic carbocycles. The maximum atomic E-state index is 10.7. The van der Waals surface area contributed by atoms with Crippen LogP contribution in [0, 0.1) is 13.8 Å². The van der Waals surface area contributed by atoms with Gasteiger partial charge in [-0.3, -0.25) is 0 Å². The van der Waals surface area contributed by atoms with Crippen molar-refractivity contribution in [3.05, 3.63) is 71.4 Å². The Balaban J connectivity index is 1.85. The van der Waals surface area contributed by atoms with E-state index in [1.807, 2.05) is 44.2 Å². The van der Waals surface area contributed by atoms with Gasteiger partial charge in [-0.25, -0.2) is 4.79 Å². The second-order valence-corrected chi connectivity index (χ2v) is 6.98. The van der Waals surface area contributed by atoms with Crippen LogP contribution in [0.3, 0.4) is 0 Å². The Labute approximate surface area is 155 Å². The fourth-order valence-electron chi connectivity index (χ4n) is 2.52. The van der Waals surface area contributed by atoms with Crippen molar-refractivity contribution in [3.63, 3.8) is 0 Å². The Morgan fingerprint density at radius 1 is 1.27 bits per heavy atom. The molecule has 1 N–H and O–H groups in total. The number of hydrogen-bond donors (Lipinski definition) is 1. The first-order valence-electron chi connectivity index (χ1n) is 7.97. The zero-order chi connectivity index (χ0) is 18.5. The lowest BCUT2D eigenvalue weighted by Gasteiger charge is -2.15. The molecule has 0 aliphatic rings. The maximum Gasteiger partial charge on any atom is 0.341 e. The van der Waals surface area contributed by atoms with E-state index in [0.29, 0.717) is 11.6 Å². The Hall–Kier alpha value is -2.80. The minimum Gasteiger partial charge on any atom is -0.482 e. The van der Waals surface area contributed by atoms with Crippen LogP contribution in [0.15, 0.2) is 58.2 Å². The topological polar surface area (TPSA) is 85.5 Å². The molecule has 0 aliphatic heterocycles. The molecule has 0 bridgehead atoms. The molecule has 3 aromatic rings. The maximum absolute atomic E-state index is 10.7. The molecule has 1 atom stereocenters. The van der Waals surface area contributed by atoms with Crippen molar-refractivity contribution in [2.75, 3.05) is 6.61 Å². The van der Waals surface area contributed by atoms with Crippen LogP contribution >= 0.6 is 11.8 Å². The van der Waals surface area contributed by atoms with Crippen LogP contribution in [0.5, 0.6) is 5.75 Å². The lowest BCUT2D eigenvalue weighted by atomic mass is 10.1. The number of hydrogen-bond acceptors (Lipinski definition) is 6. The molecule has 0 fully saturated rings. The minimum absolute atomic E-state index is 0.136. The van der Waals surface area contributed by atoms with Gasteiger partial charge in [0.1, 0.15) is 11.0 Å². The highest BCUT2D eigenvalue weighted by Gasteiger charge is 2.21. The summed E-state index contributed by atoms with van der Waals surface area (Å²) < 4.78 is 10.7. The number of nitrogens with zero attached hydrogens (tertiary/aromatic N) is 2. The van der Waals surface area contributed by atoms with Gasteiger partial charge in [0.2, 0.25) is 12.3 Å². The first-order valence-corrected chi connectivity index (χ1v) is 8.85. The van der Waals surface area contributed by atoms with Crippen molar-refractivity contribution < 1.29 is 19.1 Å². The van der Waals surface area contributed by atoms with E-state index in [9.17, 15) is 4.79 Å². The summed E-state index contributed by atoms with van der Waals surface area (Å²) in [6.07, 6.45) is 1.33. The van der Waals surface area contributed by atoms with Crippen LogP contribution in [0.1, 0.15) is 27.8 Å². The molecule has 1 aromatic heterocycles. The number of aliphatic carboxylic acids is 1. The van der Waals surface area contributed by atoms with Gasteiger partial charge in [-0.15, -0.1) is 22.0 Å². The predicted octanol–water partition coefficient (Wildman–Crippen LogP) is 4.03. The molecule has 1 heterocycles. The second-order valence-electron chi connectivity index (χ2n) is 5.80. The Bertz CT molecular complexity index is 896. The molecule has 1 unspecified atom stereocenters. The zero-order valence-electron chi connectivity index (χ0n) is 14.4. The molecule has 0 amide bonds. The molecule has 0 saturated carbocycles. The summed E-state index contributed by atoms with van der Waals surface area (Å²) in [5.41, 5.74) is 3.09. The van der Waals surface area contributed by atoms with Crippen LogP contribution in [0.4, 0.5) is 0 Å². The van der Waals surface area contributed by atoms with Gasteiger partial charge < -0.3 is 14.3 Å². The smallest absolute Gasteiger partial charge is 0.341 e. The second kappa shape index (κ2) is 8.05. The lowest BCUT2D eigenvalue weighted by Crippen LogP contribution is -2.10. The van der Waals surface area contributed by atoms with Crippen molar-refractivity contribution in [1.29, 1.82) is 0 Å². The highest BCUT2D eigenvalue weighted by Crippen LogP contribution is 2.40. The average molecular weight is 370 g/mol. The number of carboxylic acid groups (broad SMARTS) is 1. The third kappa shape index (κ3) is 4.43. The Kier molecular flexibility index (Phi) is 5.58. The molecule has 2 aromatic carbocycles. The molecule has 6 nitrogen and oxygen atoms in total. The lowest BCUT2D eigenvalue weighted by molar-refractivity contribution is -0.139. The van der Waals surface area contributed by atoms with E-state index in [4.69, 9.17) is 14.3 Å². The number of rotatable bonds is 7. The van der Waals surface area contributed by atoms with Crippen LogP contribution < -0.4 is 4.74 Å². The van der Waals surface area contributed by atoms with Gasteiger partial charge in [-0.2, -0.15) is 0 Å². The SMILES string of the molecule is Cc1cccc(C(Sc2ccc(OCC(=O)O)c(C)c2)c2nnco2)c1. The summed E-state index contributed by atoms with van der Waals surface area (Å²) in [6.45, 7) is 3.56. The molecule has 0 saturated heterocycles. The van der Waals surface area contributed by atoms with Crippen molar-refractivity contribution in [1.82, 2.24) is 10.2 Å². The van der Waals surface area contributed by atoms with Gasteiger partial charge in [0.05, 0.1) is 0 Å². The average Bonchev–Trinajstić information content (AvgIpc) is 3.13. The van der Waals surface area contributed by atoms with Gasteiger partial charge in [-0.05, 0) is 43.2 Å². The third-order valence-corrected chi connectivity index (χ3v) is 4.93. The largest absolute Gasteiger partial charge is 0.482 e. The quantitative estimate of drug-likeness (QED) is 0.628. The fourth-order valence-corrected chi connectivity index (χ4v) is 3.67. The van der Waals surface area contributed by atoms with Crippen LogP contribution in [-0.2, 0) is 4.79 Å². The molecular formula is C19H18N2O4S. The van der Waals surface area contributed by atoms with Gasteiger partial charge >= 0.3 is 5.97 Å². The summed E-state index contributed by atoms with van der Waals surface area (Å²) in [6, 6.07) is 13.8. The van der Waals surface area contributed by atoms with Crippen LogP contribution in [-0.4, -0.2) is 27.9 Å². The summed E-state index contributed by atoms with van der Waals surface area (Å²) >= 11 is 1.59. The van der Waals surface area contributed by atoms with E-state index in [1.165, 1.54) is 6.39 Å². The van der Waals surface area contributed by atoms with Gasteiger partial charge in [0, 0.05) is 4.90 Å². The molecule has 3 rings (SSSR count). The van der Waals surface area contributed by atoms with Crippen LogP contribution in [0.25, 0.3) is 0 Å². The highest BCUT2D eigenvalue weighted by molar-refractivity contribution is 7.99. The first-order chi connectivity index (χ1) is 12.5. The molecule has 134 valence electrons. The number of carbonyl (C=O) groups is 1. The van der Waals surface area contributed by atoms with Crippen molar-refractivity contribution in [2.24, 2.45) is 0 Å². The monoisotopic (exact) mass is 370 g/mol. The van der Waals surface area contributed by atoms with Crippen molar-refractivity contribution >= 4 is 17.7 Å². The van der Waals surface area contributed by atoms with E-state index in [1.54, 1.807) is 17.8 Å². The van der Waals surface area contributed by atoms with Gasteiger partial charge in [0.25, 0.3) is 0 Å². The van der Waals surface area contributed by atoms with Crippen molar-refractivity contribution in [3.8, 4) is 5.75 Å². The molecule has 7 heteroatoms. The van der Waals surface area contributed by atoms with E-state index >= 15 is 0 Å². The molecule has 26 heavy (non-hydrogen) atoms.